The van der Waals surface area contributed by atoms with Crippen molar-refractivity contribution in [1.29, 1.82) is 0 Å². The summed E-state index contributed by atoms with van der Waals surface area (Å²) >= 11 is 0. The van der Waals surface area contributed by atoms with Crippen LogP contribution in [0.3, 0.4) is 0 Å². The predicted molar refractivity (Wildman–Crippen MR) is 77.5 cm³/mol. The molecule has 0 saturated heterocycles. The van der Waals surface area contributed by atoms with E-state index >= 15 is 0 Å². The van der Waals surface area contributed by atoms with Crippen molar-refractivity contribution in [2.45, 2.75) is 64.1 Å². The van der Waals surface area contributed by atoms with E-state index in [0.29, 0.717) is 0 Å². The van der Waals surface area contributed by atoms with Crippen molar-refractivity contribution >= 4 is 11.9 Å². The molecule has 0 amide bonds. The van der Waals surface area contributed by atoms with Crippen LogP contribution in [0.2, 0.25) is 0 Å². The maximum absolute atomic E-state index is 12.7. The predicted octanol–water partition coefficient (Wildman–Crippen LogP) is 3.94. The highest BCUT2D eigenvalue weighted by Crippen LogP contribution is 2.32. The second kappa shape index (κ2) is 7.84. The molecule has 1 unspecified atom stereocenters. The van der Waals surface area contributed by atoms with Gasteiger partial charge < -0.3 is 9.47 Å². The second-order valence-electron chi connectivity index (χ2n) is 6.30. The molecule has 132 valence electrons. The lowest BCUT2D eigenvalue weighted by molar-refractivity contribution is -0.206. The third kappa shape index (κ3) is 6.62. The number of alkyl halides is 3. The molecule has 1 aliphatic rings. The highest BCUT2D eigenvalue weighted by atomic mass is 19.4. The van der Waals surface area contributed by atoms with Crippen LogP contribution in [0.4, 0.5) is 13.2 Å². The SMILES string of the molecule is C=C(C)C(=O)OC(C)(CC(F)(F)F)C(=O)OCC1CCCCC1. The maximum atomic E-state index is 12.7. The minimum absolute atomic E-state index is 0.0525. The van der Waals surface area contributed by atoms with Gasteiger partial charge >= 0.3 is 18.1 Å². The molecule has 1 rings (SSSR count). The zero-order chi connectivity index (χ0) is 17.7. The van der Waals surface area contributed by atoms with Crippen LogP contribution in [0, 0.1) is 5.92 Å². The van der Waals surface area contributed by atoms with Crippen LogP contribution in [-0.2, 0) is 19.1 Å². The van der Waals surface area contributed by atoms with Gasteiger partial charge in [-0.25, -0.2) is 9.59 Å². The summed E-state index contributed by atoms with van der Waals surface area (Å²) in [5.41, 5.74) is -2.48. The summed E-state index contributed by atoms with van der Waals surface area (Å²) in [5, 5.41) is 0. The standard InChI is InChI=1S/C16H23F3O4/c1-11(2)13(20)23-15(3,10-16(17,18)19)14(21)22-9-12-7-5-4-6-8-12/h12H,1,4-10H2,2-3H3. The number of carbonyl (C=O) groups is 2. The molecule has 23 heavy (non-hydrogen) atoms. The van der Waals surface area contributed by atoms with Gasteiger partial charge in [-0.3, -0.25) is 0 Å². The Balaban J connectivity index is 2.74. The Morgan fingerprint density at radius 1 is 1.17 bits per heavy atom. The molecule has 0 N–H and O–H groups in total. The number of halogens is 3. The monoisotopic (exact) mass is 336 g/mol. The fourth-order valence-corrected chi connectivity index (χ4v) is 2.52. The minimum Gasteiger partial charge on any atom is -0.462 e. The van der Waals surface area contributed by atoms with Crippen LogP contribution >= 0.6 is 0 Å². The van der Waals surface area contributed by atoms with Crippen LogP contribution in [0.1, 0.15) is 52.4 Å². The van der Waals surface area contributed by atoms with Gasteiger partial charge in [-0.1, -0.05) is 25.8 Å². The van der Waals surface area contributed by atoms with Gasteiger partial charge in [0.05, 0.1) is 13.0 Å². The molecule has 1 saturated carbocycles. The molecule has 4 nitrogen and oxygen atoms in total. The summed E-state index contributed by atoms with van der Waals surface area (Å²) in [5.74, 6) is -2.07. The van der Waals surface area contributed by atoms with Crippen LogP contribution in [0.25, 0.3) is 0 Å². The van der Waals surface area contributed by atoms with Crippen LogP contribution in [-0.4, -0.2) is 30.3 Å². The Hall–Kier alpha value is -1.53. The molecule has 0 heterocycles. The van der Waals surface area contributed by atoms with Gasteiger partial charge in [-0.05, 0) is 32.6 Å². The van der Waals surface area contributed by atoms with E-state index in [2.05, 4.69) is 6.58 Å². The minimum atomic E-state index is -4.67. The first-order chi connectivity index (χ1) is 10.5. The first kappa shape index (κ1) is 19.5. The second-order valence-corrected chi connectivity index (χ2v) is 6.30. The van der Waals surface area contributed by atoms with Crippen molar-refractivity contribution in [2.24, 2.45) is 5.92 Å². The van der Waals surface area contributed by atoms with Gasteiger partial charge in [0.15, 0.2) is 0 Å². The zero-order valence-corrected chi connectivity index (χ0v) is 13.5. The molecule has 1 atom stereocenters. The highest BCUT2D eigenvalue weighted by molar-refractivity contribution is 5.90. The summed E-state index contributed by atoms with van der Waals surface area (Å²) in [6.45, 7) is 5.58. The van der Waals surface area contributed by atoms with Crippen LogP contribution in [0.15, 0.2) is 12.2 Å². The molecule has 0 aliphatic heterocycles. The first-order valence-corrected chi connectivity index (χ1v) is 7.66. The summed E-state index contributed by atoms with van der Waals surface area (Å²) in [6, 6.07) is 0. The average molecular weight is 336 g/mol. The van der Waals surface area contributed by atoms with E-state index < -0.39 is 30.1 Å². The summed E-state index contributed by atoms with van der Waals surface area (Å²) in [7, 11) is 0. The molecule has 0 aromatic heterocycles. The molecule has 1 aliphatic carbocycles. The fraction of sp³-hybridized carbons (Fsp3) is 0.750. The number of carbonyl (C=O) groups excluding carboxylic acids is 2. The third-order valence-electron chi connectivity index (χ3n) is 3.81. The zero-order valence-electron chi connectivity index (χ0n) is 13.5. The molecule has 0 spiro atoms. The van der Waals surface area contributed by atoms with E-state index in [0.717, 1.165) is 39.0 Å². The lowest BCUT2D eigenvalue weighted by atomic mass is 9.90. The lowest BCUT2D eigenvalue weighted by Crippen LogP contribution is -2.46. The van der Waals surface area contributed by atoms with Crippen molar-refractivity contribution in [1.82, 2.24) is 0 Å². The van der Waals surface area contributed by atoms with Gasteiger partial charge in [-0.2, -0.15) is 13.2 Å². The van der Waals surface area contributed by atoms with E-state index in [-0.39, 0.29) is 18.1 Å². The number of rotatable bonds is 6. The smallest absolute Gasteiger partial charge is 0.393 e. The van der Waals surface area contributed by atoms with Crippen LogP contribution in [0.5, 0.6) is 0 Å². The Kier molecular flexibility index (Phi) is 6.65. The van der Waals surface area contributed by atoms with E-state index in [9.17, 15) is 22.8 Å². The van der Waals surface area contributed by atoms with Gasteiger partial charge in [0.1, 0.15) is 0 Å². The summed E-state index contributed by atoms with van der Waals surface area (Å²) in [4.78, 5) is 23.7. The number of ether oxygens (including phenoxy) is 2. The van der Waals surface area contributed by atoms with E-state index in [1.165, 1.54) is 6.92 Å². The Labute approximate surface area is 134 Å². The van der Waals surface area contributed by atoms with Gasteiger partial charge in [0, 0.05) is 5.57 Å². The lowest BCUT2D eigenvalue weighted by Gasteiger charge is -2.29. The van der Waals surface area contributed by atoms with E-state index in [1.54, 1.807) is 0 Å². The van der Waals surface area contributed by atoms with Gasteiger partial charge in [0.2, 0.25) is 5.60 Å². The van der Waals surface area contributed by atoms with Crippen LogP contribution < -0.4 is 0 Å². The molecule has 0 radical (unpaired) electrons. The van der Waals surface area contributed by atoms with Crippen molar-refractivity contribution in [2.75, 3.05) is 6.61 Å². The number of esters is 2. The third-order valence-corrected chi connectivity index (χ3v) is 3.81. The topological polar surface area (TPSA) is 52.6 Å². The fourth-order valence-electron chi connectivity index (χ4n) is 2.52. The molecule has 0 bridgehead atoms. The van der Waals surface area contributed by atoms with E-state index in [1.807, 2.05) is 0 Å². The van der Waals surface area contributed by atoms with Crippen molar-refractivity contribution in [3.8, 4) is 0 Å². The van der Waals surface area contributed by atoms with Crippen molar-refractivity contribution in [3.63, 3.8) is 0 Å². The molecule has 0 aromatic rings. The van der Waals surface area contributed by atoms with Gasteiger partial charge in [0.25, 0.3) is 0 Å². The summed E-state index contributed by atoms with van der Waals surface area (Å²) < 4.78 is 48.0. The Morgan fingerprint density at radius 3 is 2.22 bits per heavy atom. The van der Waals surface area contributed by atoms with Crippen molar-refractivity contribution in [3.05, 3.63) is 12.2 Å². The molecular formula is C16H23F3O4. The molecule has 0 aromatic carbocycles. The normalized spacial score (nSPS) is 18.8. The largest absolute Gasteiger partial charge is 0.462 e. The highest BCUT2D eigenvalue weighted by Gasteiger charge is 2.49. The quantitative estimate of drug-likeness (QED) is 0.544. The average Bonchev–Trinajstić information content (AvgIpc) is 2.43. The van der Waals surface area contributed by atoms with E-state index in [4.69, 9.17) is 9.47 Å². The van der Waals surface area contributed by atoms with Crippen molar-refractivity contribution < 1.29 is 32.2 Å². The Morgan fingerprint density at radius 2 is 1.74 bits per heavy atom. The number of hydrogen-bond donors (Lipinski definition) is 0. The number of hydrogen-bond acceptors (Lipinski definition) is 4. The summed E-state index contributed by atoms with van der Waals surface area (Å²) in [6.07, 6.45) is -1.34. The van der Waals surface area contributed by atoms with Gasteiger partial charge in [-0.15, -0.1) is 0 Å². The molecular weight excluding hydrogens is 313 g/mol. The first-order valence-electron chi connectivity index (χ1n) is 7.66. The molecule has 1 fully saturated rings. The maximum Gasteiger partial charge on any atom is 0.393 e. The Bertz CT molecular complexity index is 453. The molecule has 7 heteroatoms.